The quantitative estimate of drug-likeness (QED) is 0.354. The second-order valence-corrected chi connectivity index (χ2v) is 4.54. The molecule has 0 amide bonds. The monoisotopic (exact) mass is 305 g/mol. The lowest BCUT2D eigenvalue weighted by Crippen LogP contribution is -2.04. The molecular formula is C15H12ClNO4. The number of ketones is 1. The van der Waals surface area contributed by atoms with Crippen molar-refractivity contribution in [2.24, 2.45) is 0 Å². The number of carbonyl (C=O) groups excluding carboxylic acids is 1. The standard InChI is InChI=1S/C15H12ClNO4/c16-9-14(18)12-6-7-15(13(8-12)17(19)20)21-10-11-4-2-1-3-5-11/h1-8H,9-10H2. The Labute approximate surface area is 126 Å². The van der Waals surface area contributed by atoms with Crippen LogP contribution in [0.1, 0.15) is 15.9 Å². The van der Waals surface area contributed by atoms with Gasteiger partial charge in [0.05, 0.1) is 10.8 Å². The third kappa shape index (κ3) is 3.79. The summed E-state index contributed by atoms with van der Waals surface area (Å²) in [5.74, 6) is -0.467. The number of nitro benzene ring substituents is 1. The third-order valence-corrected chi connectivity index (χ3v) is 3.08. The molecule has 0 aliphatic carbocycles. The van der Waals surface area contributed by atoms with Crippen LogP contribution >= 0.6 is 11.6 Å². The van der Waals surface area contributed by atoms with Crippen molar-refractivity contribution in [3.63, 3.8) is 0 Å². The summed E-state index contributed by atoms with van der Waals surface area (Å²) in [5, 5.41) is 11.1. The number of hydrogen-bond donors (Lipinski definition) is 0. The van der Waals surface area contributed by atoms with Crippen molar-refractivity contribution >= 4 is 23.1 Å². The number of hydrogen-bond acceptors (Lipinski definition) is 4. The maximum atomic E-state index is 11.5. The highest BCUT2D eigenvalue weighted by Gasteiger charge is 2.18. The van der Waals surface area contributed by atoms with E-state index in [1.165, 1.54) is 18.2 Å². The smallest absolute Gasteiger partial charge is 0.311 e. The second kappa shape index (κ2) is 6.85. The van der Waals surface area contributed by atoms with Crippen LogP contribution < -0.4 is 4.74 Å². The van der Waals surface area contributed by atoms with Gasteiger partial charge in [-0.2, -0.15) is 0 Å². The lowest BCUT2D eigenvalue weighted by molar-refractivity contribution is -0.386. The van der Waals surface area contributed by atoms with E-state index in [1.807, 2.05) is 30.3 Å². The molecule has 2 aromatic carbocycles. The van der Waals surface area contributed by atoms with E-state index in [0.717, 1.165) is 5.56 Å². The summed E-state index contributed by atoms with van der Waals surface area (Å²) >= 11 is 5.45. The summed E-state index contributed by atoms with van der Waals surface area (Å²) in [5.41, 5.74) is 0.846. The highest BCUT2D eigenvalue weighted by Crippen LogP contribution is 2.29. The van der Waals surface area contributed by atoms with Gasteiger partial charge in [-0.15, -0.1) is 11.6 Å². The van der Waals surface area contributed by atoms with Crippen molar-refractivity contribution < 1.29 is 14.5 Å². The number of carbonyl (C=O) groups is 1. The molecule has 0 bridgehead atoms. The molecule has 0 radical (unpaired) electrons. The number of alkyl halides is 1. The van der Waals surface area contributed by atoms with Crippen molar-refractivity contribution in [3.8, 4) is 5.75 Å². The Morgan fingerprint density at radius 2 is 1.90 bits per heavy atom. The Bertz CT molecular complexity index is 658. The SMILES string of the molecule is O=C(CCl)c1ccc(OCc2ccccc2)c([N+](=O)[O-])c1. The molecule has 0 atom stereocenters. The van der Waals surface area contributed by atoms with E-state index in [2.05, 4.69) is 0 Å². The number of benzene rings is 2. The van der Waals surface area contributed by atoms with E-state index in [0.29, 0.717) is 0 Å². The Morgan fingerprint density at radius 3 is 2.52 bits per heavy atom. The minimum atomic E-state index is -0.578. The highest BCUT2D eigenvalue weighted by atomic mass is 35.5. The maximum Gasteiger partial charge on any atom is 0.311 e. The van der Waals surface area contributed by atoms with E-state index < -0.39 is 4.92 Å². The molecular weight excluding hydrogens is 294 g/mol. The molecule has 21 heavy (non-hydrogen) atoms. The van der Waals surface area contributed by atoms with Crippen molar-refractivity contribution in [2.45, 2.75) is 6.61 Å². The molecule has 0 heterocycles. The summed E-state index contributed by atoms with van der Waals surface area (Å²) in [6.07, 6.45) is 0. The van der Waals surface area contributed by atoms with Crippen molar-refractivity contribution in [1.82, 2.24) is 0 Å². The molecule has 2 aromatic rings. The van der Waals surface area contributed by atoms with Gasteiger partial charge in [-0.3, -0.25) is 14.9 Å². The average Bonchev–Trinajstić information content (AvgIpc) is 2.52. The molecule has 0 saturated heterocycles. The van der Waals surface area contributed by atoms with E-state index in [1.54, 1.807) is 0 Å². The van der Waals surface area contributed by atoms with E-state index in [-0.39, 0.29) is 35.3 Å². The van der Waals surface area contributed by atoms with Gasteiger partial charge in [0, 0.05) is 11.6 Å². The first kappa shape index (κ1) is 15.0. The zero-order valence-electron chi connectivity index (χ0n) is 11.0. The van der Waals surface area contributed by atoms with Crippen LogP contribution in [0.5, 0.6) is 5.75 Å². The minimum absolute atomic E-state index is 0.120. The first-order chi connectivity index (χ1) is 10.1. The molecule has 0 aliphatic heterocycles. The molecule has 0 N–H and O–H groups in total. The fraction of sp³-hybridized carbons (Fsp3) is 0.133. The van der Waals surface area contributed by atoms with Gasteiger partial charge >= 0.3 is 5.69 Å². The maximum absolute atomic E-state index is 11.5. The first-order valence-electron chi connectivity index (χ1n) is 6.16. The summed E-state index contributed by atoms with van der Waals surface area (Å²) in [6, 6.07) is 13.4. The third-order valence-electron chi connectivity index (χ3n) is 2.84. The van der Waals surface area contributed by atoms with Crippen molar-refractivity contribution in [2.75, 3.05) is 5.88 Å². The predicted molar refractivity (Wildman–Crippen MR) is 78.9 cm³/mol. The van der Waals surface area contributed by atoms with Crippen molar-refractivity contribution in [1.29, 1.82) is 0 Å². The molecule has 0 fully saturated rings. The van der Waals surface area contributed by atoms with Crippen LogP contribution in [0.3, 0.4) is 0 Å². The normalized spacial score (nSPS) is 10.1. The highest BCUT2D eigenvalue weighted by molar-refractivity contribution is 6.30. The number of rotatable bonds is 6. The average molecular weight is 306 g/mol. The van der Waals surface area contributed by atoms with Crippen LogP contribution in [0.2, 0.25) is 0 Å². The number of ether oxygens (including phenoxy) is 1. The zero-order chi connectivity index (χ0) is 15.2. The molecule has 2 rings (SSSR count). The van der Waals surface area contributed by atoms with Gasteiger partial charge in [0.15, 0.2) is 11.5 Å². The van der Waals surface area contributed by atoms with Gasteiger partial charge in [-0.05, 0) is 17.7 Å². The summed E-state index contributed by atoms with van der Waals surface area (Å²) in [4.78, 5) is 22.0. The van der Waals surface area contributed by atoms with Gasteiger partial charge < -0.3 is 4.74 Å². The van der Waals surface area contributed by atoms with Crippen LogP contribution in [0.25, 0.3) is 0 Å². The van der Waals surface area contributed by atoms with Crippen LogP contribution in [0.4, 0.5) is 5.69 Å². The summed E-state index contributed by atoms with van der Waals surface area (Å²) in [6.45, 7) is 0.213. The fourth-order valence-electron chi connectivity index (χ4n) is 1.77. The Balaban J connectivity index is 2.22. The minimum Gasteiger partial charge on any atom is -0.482 e. The van der Waals surface area contributed by atoms with Gasteiger partial charge in [-0.1, -0.05) is 30.3 Å². The largest absolute Gasteiger partial charge is 0.482 e. The molecule has 0 unspecified atom stereocenters. The number of Topliss-reactive ketones (excluding diaryl/α,β-unsaturated/α-hetero) is 1. The van der Waals surface area contributed by atoms with Crippen LogP contribution in [-0.2, 0) is 6.61 Å². The van der Waals surface area contributed by atoms with E-state index >= 15 is 0 Å². The molecule has 5 nitrogen and oxygen atoms in total. The van der Waals surface area contributed by atoms with E-state index in [9.17, 15) is 14.9 Å². The van der Waals surface area contributed by atoms with Crippen LogP contribution in [-0.4, -0.2) is 16.6 Å². The first-order valence-corrected chi connectivity index (χ1v) is 6.69. The van der Waals surface area contributed by atoms with Crippen LogP contribution in [0.15, 0.2) is 48.5 Å². The lowest BCUT2D eigenvalue weighted by atomic mass is 10.1. The Morgan fingerprint density at radius 1 is 1.19 bits per heavy atom. The van der Waals surface area contributed by atoms with Gasteiger partial charge in [0.1, 0.15) is 6.61 Å². The topological polar surface area (TPSA) is 69.4 Å². The van der Waals surface area contributed by atoms with Crippen molar-refractivity contribution in [3.05, 3.63) is 69.8 Å². The van der Waals surface area contributed by atoms with E-state index in [4.69, 9.17) is 16.3 Å². The second-order valence-electron chi connectivity index (χ2n) is 4.27. The molecule has 0 aromatic heterocycles. The molecule has 108 valence electrons. The van der Waals surface area contributed by atoms with Crippen LogP contribution in [0, 0.1) is 10.1 Å². The lowest BCUT2D eigenvalue weighted by Gasteiger charge is -2.07. The molecule has 0 aliphatic rings. The Kier molecular flexibility index (Phi) is 4.90. The number of nitrogens with zero attached hydrogens (tertiary/aromatic N) is 1. The van der Waals surface area contributed by atoms with Gasteiger partial charge in [0.25, 0.3) is 0 Å². The predicted octanol–water partition coefficient (Wildman–Crippen LogP) is 3.60. The van der Waals surface area contributed by atoms with Gasteiger partial charge in [0.2, 0.25) is 0 Å². The summed E-state index contributed by atoms with van der Waals surface area (Å²) < 4.78 is 5.47. The molecule has 6 heteroatoms. The summed E-state index contributed by atoms with van der Waals surface area (Å²) in [7, 11) is 0. The molecule has 0 spiro atoms. The molecule has 0 saturated carbocycles. The zero-order valence-corrected chi connectivity index (χ0v) is 11.7. The number of halogens is 1. The van der Waals surface area contributed by atoms with Gasteiger partial charge in [-0.25, -0.2) is 0 Å². The Hall–Kier alpha value is -2.40. The fourth-order valence-corrected chi connectivity index (χ4v) is 1.92. The number of nitro groups is 1.